The fraction of sp³-hybridized carbons (Fsp3) is 0.760. The summed E-state index contributed by atoms with van der Waals surface area (Å²) in [7, 11) is 4.17. The van der Waals surface area contributed by atoms with Gasteiger partial charge >= 0.3 is 0 Å². The second-order valence-electron chi connectivity index (χ2n) is 8.52. The molecule has 0 saturated heterocycles. The Morgan fingerprint density at radius 3 is 1.54 bits per heavy atom. The van der Waals surface area contributed by atoms with Crippen LogP contribution in [0.25, 0.3) is 0 Å². The van der Waals surface area contributed by atoms with Gasteiger partial charge in [0.05, 0.1) is 27.5 Å². The minimum absolute atomic E-state index is 0.0573. The van der Waals surface area contributed by atoms with Crippen LogP contribution >= 0.6 is 0 Å². The van der Waals surface area contributed by atoms with Gasteiger partial charge in [-0.05, 0) is 12.8 Å². The van der Waals surface area contributed by atoms with Gasteiger partial charge in [-0.1, -0.05) is 114 Å². The average Bonchev–Trinajstić information content (AvgIpc) is 2.74. The molecule has 1 aromatic rings. The van der Waals surface area contributed by atoms with Crippen LogP contribution in [0.2, 0.25) is 0 Å². The van der Waals surface area contributed by atoms with Crippen LogP contribution in [0, 0.1) is 0 Å². The topological polar surface area (TPSA) is 0 Å². The Hall–Kier alpha value is -0.820. The van der Waals surface area contributed by atoms with Gasteiger partial charge in [0, 0.05) is 5.56 Å². The Morgan fingerprint density at radius 1 is 0.654 bits per heavy atom. The highest BCUT2D eigenvalue weighted by atomic mass is 15.3. The molecular formula is C25H46N+. The van der Waals surface area contributed by atoms with E-state index in [1.807, 2.05) is 0 Å². The standard InChI is InChI=1S/C25H46N/c1-4-5-6-7-8-9-10-11-12-13-14-15-16-20-23-26(2,3)24-25-21-18-17-19-22-25/h17-19,21-22H,4-16,20,23-24H2,1-3H3/q+1/i17D,18D,19D,21D,22D. The number of hydrogen-bond acceptors (Lipinski definition) is 0. The molecule has 0 N–H and O–H groups in total. The van der Waals surface area contributed by atoms with Crippen molar-refractivity contribution in [3.8, 4) is 0 Å². The first kappa shape index (κ1) is 16.2. The Bertz CT molecular complexity index is 616. The van der Waals surface area contributed by atoms with E-state index in [0.29, 0.717) is 16.6 Å². The molecule has 0 unspecified atom stereocenters. The molecule has 1 heteroatoms. The molecule has 1 nitrogen and oxygen atoms in total. The van der Waals surface area contributed by atoms with E-state index >= 15 is 0 Å². The number of quaternary nitrogens is 1. The molecule has 150 valence electrons. The summed E-state index contributed by atoms with van der Waals surface area (Å²) in [6.07, 6.45) is 18.8. The van der Waals surface area contributed by atoms with Crippen molar-refractivity contribution in [3.63, 3.8) is 0 Å². The van der Waals surface area contributed by atoms with Gasteiger partial charge in [-0.2, -0.15) is 0 Å². The van der Waals surface area contributed by atoms with Crippen molar-refractivity contribution in [2.45, 2.75) is 103 Å². The van der Waals surface area contributed by atoms with E-state index in [0.717, 1.165) is 13.0 Å². The van der Waals surface area contributed by atoms with E-state index in [1.54, 1.807) is 0 Å². The summed E-state index contributed by atoms with van der Waals surface area (Å²) in [5, 5.41) is 0. The van der Waals surface area contributed by atoms with Crippen molar-refractivity contribution < 1.29 is 11.3 Å². The average molecular weight is 366 g/mol. The summed E-state index contributed by atoms with van der Waals surface area (Å²) in [6, 6.07) is -0.882. The van der Waals surface area contributed by atoms with E-state index in [-0.39, 0.29) is 30.2 Å². The number of hydrogen-bond donors (Lipinski definition) is 0. The maximum atomic E-state index is 8.12. The largest absolute Gasteiger partial charge is 0.325 e. The molecule has 0 aromatic heterocycles. The van der Waals surface area contributed by atoms with Crippen molar-refractivity contribution in [2.75, 3.05) is 20.6 Å². The zero-order chi connectivity index (χ0) is 23.3. The Kier molecular flexibility index (Phi) is 9.49. The molecule has 0 amide bonds. The zero-order valence-electron chi connectivity index (χ0n) is 22.8. The summed E-state index contributed by atoms with van der Waals surface area (Å²) in [6.45, 7) is 3.69. The summed E-state index contributed by atoms with van der Waals surface area (Å²) in [4.78, 5) is 0. The van der Waals surface area contributed by atoms with Crippen molar-refractivity contribution in [1.82, 2.24) is 0 Å². The van der Waals surface area contributed by atoms with Crippen LogP contribution in [0.3, 0.4) is 0 Å². The summed E-state index contributed by atoms with van der Waals surface area (Å²) in [5.74, 6) is 0. The maximum Gasteiger partial charge on any atom is 0.104 e. The van der Waals surface area contributed by atoms with Gasteiger partial charge in [0.2, 0.25) is 0 Å². The fourth-order valence-electron chi connectivity index (χ4n) is 3.60. The monoisotopic (exact) mass is 365 g/mol. The Morgan fingerprint density at radius 2 is 1.08 bits per heavy atom. The third-order valence-corrected chi connectivity index (χ3v) is 5.25. The molecular weight excluding hydrogens is 314 g/mol. The van der Waals surface area contributed by atoms with Crippen LogP contribution in [0.5, 0.6) is 0 Å². The van der Waals surface area contributed by atoms with Gasteiger partial charge in [0.15, 0.2) is 0 Å². The lowest BCUT2D eigenvalue weighted by Crippen LogP contribution is -2.39. The molecule has 0 aliphatic rings. The number of unbranched alkanes of at least 4 members (excludes halogenated alkanes) is 13. The molecule has 0 fully saturated rings. The van der Waals surface area contributed by atoms with Gasteiger partial charge in [0.1, 0.15) is 6.54 Å². The Labute approximate surface area is 171 Å². The first-order valence-electron chi connectivity index (χ1n) is 13.6. The van der Waals surface area contributed by atoms with E-state index in [4.69, 9.17) is 6.85 Å². The second kappa shape index (κ2) is 15.3. The van der Waals surface area contributed by atoms with Gasteiger partial charge in [-0.25, -0.2) is 0 Å². The molecule has 0 heterocycles. The predicted molar refractivity (Wildman–Crippen MR) is 117 cm³/mol. The minimum atomic E-state index is -0.309. The first-order chi connectivity index (χ1) is 14.7. The highest BCUT2D eigenvalue weighted by molar-refractivity contribution is 5.13. The number of rotatable bonds is 17. The van der Waals surface area contributed by atoms with Crippen LogP contribution in [0.1, 0.15) is 109 Å². The molecule has 0 bridgehead atoms. The molecule has 1 aromatic carbocycles. The molecule has 0 saturated carbocycles. The highest BCUT2D eigenvalue weighted by Crippen LogP contribution is 2.14. The van der Waals surface area contributed by atoms with E-state index in [2.05, 4.69) is 21.0 Å². The third-order valence-electron chi connectivity index (χ3n) is 5.25. The maximum absolute atomic E-state index is 8.12. The number of nitrogens with zero attached hydrogens (tertiary/aromatic N) is 1. The molecule has 0 aliphatic heterocycles. The third kappa shape index (κ3) is 13.4. The number of benzene rings is 1. The molecule has 26 heavy (non-hydrogen) atoms. The highest BCUT2D eigenvalue weighted by Gasteiger charge is 2.14. The first-order valence-corrected chi connectivity index (χ1v) is 11.1. The van der Waals surface area contributed by atoms with Gasteiger partial charge in [-0.3, -0.25) is 0 Å². The van der Waals surface area contributed by atoms with Crippen molar-refractivity contribution in [3.05, 3.63) is 35.8 Å². The van der Waals surface area contributed by atoms with Crippen LogP contribution in [-0.2, 0) is 6.54 Å². The van der Waals surface area contributed by atoms with Gasteiger partial charge in [0.25, 0.3) is 0 Å². The SMILES string of the molecule is [2H]c1c([2H])c([2H])c(C[N+](C)(C)CCCCCCCCCCCCCCCC)c([2H])c1[2H]. The lowest BCUT2D eigenvalue weighted by molar-refractivity contribution is -0.903. The zero-order valence-corrected chi connectivity index (χ0v) is 17.8. The molecule has 1 rings (SSSR count). The van der Waals surface area contributed by atoms with E-state index < -0.39 is 0 Å². The summed E-state index contributed by atoms with van der Waals surface area (Å²) < 4.78 is 40.3. The van der Waals surface area contributed by atoms with Crippen molar-refractivity contribution >= 4 is 0 Å². The van der Waals surface area contributed by atoms with Crippen molar-refractivity contribution in [2.24, 2.45) is 0 Å². The molecule has 0 radical (unpaired) electrons. The predicted octanol–water partition coefficient (Wildman–Crippen LogP) is 7.74. The van der Waals surface area contributed by atoms with Crippen LogP contribution in [0.4, 0.5) is 0 Å². The normalized spacial score (nSPS) is 14.5. The quantitative estimate of drug-likeness (QED) is 0.195. The Balaban J connectivity index is 2.17. The van der Waals surface area contributed by atoms with E-state index in [9.17, 15) is 0 Å². The van der Waals surface area contributed by atoms with Crippen LogP contribution in [-0.4, -0.2) is 25.1 Å². The summed E-state index contributed by atoms with van der Waals surface area (Å²) in [5.41, 5.74) is 0.432. The van der Waals surface area contributed by atoms with E-state index in [1.165, 1.54) is 83.5 Å². The molecule has 0 aliphatic carbocycles. The van der Waals surface area contributed by atoms with Gasteiger partial charge < -0.3 is 4.48 Å². The lowest BCUT2D eigenvalue weighted by Gasteiger charge is -2.30. The minimum Gasteiger partial charge on any atom is -0.325 e. The summed E-state index contributed by atoms with van der Waals surface area (Å²) >= 11 is 0. The fourth-order valence-corrected chi connectivity index (χ4v) is 3.60. The van der Waals surface area contributed by atoms with Crippen LogP contribution in [0.15, 0.2) is 30.2 Å². The van der Waals surface area contributed by atoms with Crippen molar-refractivity contribution in [1.29, 1.82) is 0 Å². The second-order valence-corrected chi connectivity index (χ2v) is 8.52. The smallest absolute Gasteiger partial charge is 0.104 e. The van der Waals surface area contributed by atoms with Crippen LogP contribution < -0.4 is 0 Å². The lowest BCUT2D eigenvalue weighted by atomic mass is 10.0. The molecule has 0 spiro atoms. The molecule has 0 atom stereocenters. The van der Waals surface area contributed by atoms with Gasteiger partial charge in [-0.15, -0.1) is 0 Å².